The van der Waals surface area contributed by atoms with Crippen molar-refractivity contribution in [2.45, 2.75) is 20.0 Å². The van der Waals surface area contributed by atoms with E-state index in [-0.39, 0.29) is 0 Å². The number of benzene rings is 1. The van der Waals surface area contributed by atoms with E-state index in [2.05, 4.69) is 51.4 Å². The molecule has 1 aromatic carbocycles. The molecule has 22 heavy (non-hydrogen) atoms. The van der Waals surface area contributed by atoms with E-state index < -0.39 is 0 Å². The van der Waals surface area contributed by atoms with Crippen molar-refractivity contribution < 1.29 is 4.74 Å². The van der Waals surface area contributed by atoms with Crippen LogP contribution in [0, 0.1) is 6.92 Å². The Morgan fingerprint density at radius 1 is 1.00 bits per heavy atom. The molecule has 0 aliphatic carbocycles. The maximum absolute atomic E-state index is 5.34. The molecule has 5 heteroatoms. The number of aryl methyl sites for hydroxylation is 1. The summed E-state index contributed by atoms with van der Waals surface area (Å²) in [5, 5.41) is 3.42. The second kappa shape index (κ2) is 7.33. The van der Waals surface area contributed by atoms with Gasteiger partial charge in [0.25, 0.3) is 0 Å². The van der Waals surface area contributed by atoms with E-state index in [9.17, 15) is 0 Å². The molecule has 1 aliphatic heterocycles. The van der Waals surface area contributed by atoms with Crippen LogP contribution in [0.4, 0.5) is 5.95 Å². The van der Waals surface area contributed by atoms with Gasteiger partial charge in [0.15, 0.2) is 0 Å². The first kappa shape index (κ1) is 14.9. The van der Waals surface area contributed by atoms with Gasteiger partial charge in [-0.3, -0.25) is 0 Å². The molecule has 2 aromatic rings. The summed E-state index contributed by atoms with van der Waals surface area (Å²) in [4.78, 5) is 11.1. The first-order chi connectivity index (χ1) is 10.8. The Labute approximate surface area is 131 Å². The van der Waals surface area contributed by atoms with Crippen molar-refractivity contribution in [2.24, 2.45) is 0 Å². The molecule has 2 heterocycles. The fourth-order valence-electron chi connectivity index (χ4n) is 2.42. The fourth-order valence-corrected chi connectivity index (χ4v) is 2.42. The monoisotopic (exact) mass is 298 g/mol. The fraction of sp³-hybridized carbons (Fsp3) is 0.412. The van der Waals surface area contributed by atoms with Gasteiger partial charge in [-0.05, 0) is 12.5 Å². The average Bonchev–Trinajstić information content (AvgIpc) is 2.58. The molecule has 0 radical (unpaired) electrons. The number of rotatable bonds is 5. The zero-order chi connectivity index (χ0) is 15.2. The van der Waals surface area contributed by atoms with Crippen LogP contribution in [-0.2, 0) is 17.8 Å². The van der Waals surface area contributed by atoms with Crippen molar-refractivity contribution in [1.29, 1.82) is 0 Å². The van der Waals surface area contributed by atoms with Gasteiger partial charge in [-0.2, -0.15) is 0 Å². The van der Waals surface area contributed by atoms with E-state index in [1.54, 1.807) is 0 Å². The SMILES string of the molecule is Cc1ccc(CNCc2cnc(N3CCOCC3)nc2)cc1. The standard InChI is InChI=1S/C17H22N4O/c1-14-2-4-15(5-3-14)10-18-11-16-12-19-17(20-13-16)21-6-8-22-9-7-21/h2-5,12-13,18H,6-11H2,1H3. The highest BCUT2D eigenvalue weighted by Crippen LogP contribution is 2.09. The molecule has 1 aliphatic rings. The van der Waals surface area contributed by atoms with E-state index in [1.165, 1.54) is 11.1 Å². The zero-order valence-corrected chi connectivity index (χ0v) is 13.0. The Morgan fingerprint density at radius 3 is 2.32 bits per heavy atom. The van der Waals surface area contributed by atoms with Gasteiger partial charge in [0, 0.05) is 44.1 Å². The molecule has 0 atom stereocenters. The third-order valence-electron chi connectivity index (χ3n) is 3.76. The van der Waals surface area contributed by atoms with Gasteiger partial charge in [-0.1, -0.05) is 29.8 Å². The summed E-state index contributed by atoms with van der Waals surface area (Å²) in [5.74, 6) is 0.797. The Bertz CT molecular complexity index is 577. The van der Waals surface area contributed by atoms with Gasteiger partial charge in [-0.15, -0.1) is 0 Å². The predicted octanol–water partition coefficient (Wildman–Crippen LogP) is 1.91. The third-order valence-corrected chi connectivity index (χ3v) is 3.76. The lowest BCUT2D eigenvalue weighted by molar-refractivity contribution is 0.122. The molecular formula is C17H22N4O. The van der Waals surface area contributed by atoms with E-state index in [4.69, 9.17) is 4.74 Å². The molecule has 1 saturated heterocycles. The number of morpholine rings is 1. The van der Waals surface area contributed by atoms with Gasteiger partial charge in [0.2, 0.25) is 5.95 Å². The maximum atomic E-state index is 5.34. The molecule has 0 spiro atoms. The van der Waals surface area contributed by atoms with Crippen molar-refractivity contribution in [3.05, 3.63) is 53.3 Å². The quantitative estimate of drug-likeness (QED) is 0.914. The van der Waals surface area contributed by atoms with Crippen LogP contribution < -0.4 is 10.2 Å². The largest absolute Gasteiger partial charge is 0.378 e. The molecule has 3 rings (SSSR count). The van der Waals surface area contributed by atoms with Gasteiger partial charge >= 0.3 is 0 Å². The van der Waals surface area contributed by atoms with Crippen molar-refractivity contribution in [3.8, 4) is 0 Å². The van der Waals surface area contributed by atoms with E-state index in [0.717, 1.165) is 50.9 Å². The van der Waals surface area contributed by atoms with Gasteiger partial charge in [-0.25, -0.2) is 9.97 Å². The lowest BCUT2D eigenvalue weighted by Gasteiger charge is -2.26. The highest BCUT2D eigenvalue weighted by molar-refractivity contribution is 5.30. The van der Waals surface area contributed by atoms with Crippen LogP contribution in [0.2, 0.25) is 0 Å². The molecule has 0 amide bonds. The number of hydrogen-bond acceptors (Lipinski definition) is 5. The molecular weight excluding hydrogens is 276 g/mol. The number of nitrogens with one attached hydrogen (secondary N) is 1. The summed E-state index contributed by atoms with van der Waals surface area (Å²) < 4.78 is 5.34. The summed E-state index contributed by atoms with van der Waals surface area (Å²) in [6.45, 7) is 6.97. The second-order valence-electron chi connectivity index (χ2n) is 5.58. The summed E-state index contributed by atoms with van der Waals surface area (Å²) in [7, 11) is 0. The van der Waals surface area contributed by atoms with Gasteiger partial charge < -0.3 is 15.0 Å². The first-order valence-corrected chi connectivity index (χ1v) is 7.71. The molecule has 0 bridgehead atoms. The Hall–Kier alpha value is -1.98. The van der Waals surface area contributed by atoms with Gasteiger partial charge in [0.1, 0.15) is 0 Å². The normalized spacial score (nSPS) is 15.0. The van der Waals surface area contributed by atoms with Crippen LogP contribution in [-0.4, -0.2) is 36.3 Å². The summed E-state index contributed by atoms with van der Waals surface area (Å²) in [5.41, 5.74) is 3.68. The van der Waals surface area contributed by atoms with Crippen molar-refractivity contribution in [3.63, 3.8) is 0 Å². The van der Waals surface area contributed by atoms with E-state index in [1.807, 2.05) is 12.4 Å². The summed E-state index contributed by atoms with van der Waals surface area (Å²) >= 11 is 0. The first-order valence-electron chi connectivity index (χ1n) is 7.71. The third kappa shape index (κ3) is 4.02. The van der Waals surface area contributed by atoms with Crippen molar-refractivity contribution in [1.82, 2.24) is 15.3 Å². The molecule has 0 unspecified atom stereocenters. The summed E-state index contributed by atoms with van der Waals surface area (Å²) in [6.07, 6.45) is 3.81. The minimum Gasteiger partial charge on any atom is -0.378 e. The minimum absolute atomic E-state index is 0.753. The minimum atomic E-state index is 0.753. The summed E-state index contributed by atoms with van der Waals surface area (Å²) in [6, 6.07) is 8.58. The molecule has 5 nitrogen and oxygen atoms in total. The van der Waals surface area contributed by atoms with E-state index in [0.29, 0.717) is 0 Å². The number of ether oxygens (including phenoxy) is 1. The van der Waals surface area contributed by atoms with Crippen LogP contribution in [0.1, 0.15) is 16.7 Å². The zero-order valence-electron chi connectivity index (χ0n) is 13.0. The van der Waals surface area contributed by atoms with Crippen LogP contribution in [0.15, 0.2) is 36.7 Å². The molecule has 1 aromatic heterocycles. The Balaban J connectivity index is 1.49. The number of nitrogens with zero attached hydrogens (tertiary/aromatic N) is 3. The van der Waals surface area contributed by atoms with Crippen LogP contribution in [0.5, 0.6) is 0 Å². The Kier molecular flexibility index (Phi) is 4.98. The van der Waals surface area contributed by atoms with Crippen LogP contribution in [0.3, 0.4) is 0 Å². The molecule has 116 valence electrons. The lowest BCUT2D eigenvalue weighted by Crippen LogP contribution is -2.37. The number of hydrogen-bond donors (Lipinski definition) is 1. The van der Waals surface area contributed by atoms with E-state index >= 15 is 0 Å². The van der Waals surface area contributed by atoms with Gasteiger partial charge in [0.05, 0.1) is 13.2 Å². The smallest absolute Gasteiger partial charge is 0.225 e. The van der Waals surface area contributed by atoms with Crippen molar-refractivity contribution in [2.75, 3.05) is 31.2 Å². The predicted molar refractivity (Wildman–Crippen MR) is 86.8 cm³/mol. The van der Waals surface area contributed by atoms with Crippen LogP contribution >= 0.6 is 0 Å². The van der Waals surface area contributed by atoms with Crippen molar-refractivity contribution >= 4 is 5.95 Å². The topological polar surface area (TPSA) is 50.3 Å². The second-order valence-corrected chi connectivity index (χ2v) is 5.58. The molecule has 0 saturated carbocycles. The maximum Gasteiger partial charge on any atom is 0.225 e. The average molecular weight is 298 g/mol. The molecule has 1 N–H and O–H groups in total. The van der Waals surface area contributed by atoms with Crippen LogP contribution in [0.25, 0.3) is 0 Å². The molecule has 1 fully saturated rings. The lowest BCUT2D eigenvalue weighted by atomic mass is 10.1. The number of anilines is 1. The highest BCUT2D eigenvalue weighted by Gasteiger charge is 2.13. The number of aromatic nitrogens is 2. The highest BCUT2D eigenvalue weighted by atomic mass is 16.5. The Morgan fingerprint density at radius 2 is 1.64 bits per heavy atom.